The molecule has 0 aromatic heterocycles. The van der Waals surface area contributed by atoms with E-state index in [-0.39, 0.29) is 13.0 Å². The highest BCUT2D eigenvalue weighted by Gasteiger charge is 2.20. The van der Waals surface area contributed by atoms with E-state index < -0.39 is 36.3 Å². The highest BCUT2D eigenvalue weighted by molar-refractivity contribution is 6.08. The molecule has 1 atom stereocenters. The van der Waals surface area contributed by atoms with Gasteiger partial charge in [0.05, 0.1) is 12.3 Å². The number of carbonyl (C=O) groups excluding carboxylic acids is 2. The van der Waals surface area contributed by atoms with Gasteiger partial charge in [0, 0.05) is 5.56 Å². The maximum absolute atomic E-state index is 12.0. The molecule has 0 saturated heterocycles. The monoisotopic (exact) mass is 300 g/mol. The average Bonchev–Trinajstić information content (AvgIpc) is 2.39. The zero-order chi connectivity index (χ0) is 15.3. The Bertz CT molecular complexity index is 509. The molecule has 0 fully saturated rings. The highest BCUT2D eigenvalue weighted by atomic mass is 19.3. The summed E-state index contributed by atoms with van der Waals surface area (Å²) in [4.78, 5) is 33.0. The number of rotatable bonds is 7. The van der Waals surface area contributed by atoms with Crippen molar-refractivity contribution in [2.24, 2.45) is 5.92 Å². The molecule has 0 spiro atoms. The summed E-state index contributed by atoms with van der Waals surface area (Å²) in [6.07, 6.45) is -3.67. The van der Waals surface area contributed by atoms with Crippen LogP contribution in [0.3, 0.4) is 0 Å². The van der Waals surface area contributed by atoms with E-state index in [1.54, 1.807) is 19.1 Å². The van der Waals surface area contributed by atoms with Gasteiger partial charge in [0.2, 0.25) is 5.78 Å². The standard InChI is InChI=1S/C14H14F2O4.CH4/c1-8(14(19)20)6-9-2-4-10(5-3-9)11(17)7-12(18)13(15)16;/h2-5,8,13H,6-7H2,1H3,(H,19,20);1H4. The molecule has 0 bridgehead atoms. The lowest BCUT2D eigenvalue weighted by Crippen LogP contribution is -2.15. The van der Waals surface area contributed by atoms with Crippen LogP contribution in [0.4, 0.5) is 8.78 Å². The van der Waals surface area contributed by atoms with E-state index in [2.05, 4.69) is 0 Å². The summed E-state index contributed by atoms with van der Waals surface area (Å²) >= 11 is 0. The van der Waals surface area contributed by atoms with E-state index >= 15 is 0 Å². The zero-order valence-electron chi connectivity index (χ0n) is 10.8. The number of halogens is 2. The van der Waals surface area contributed by atoms with Gasteiger partial charge >= 0.3 is 5.97 Å². The number of aliphatic carboxylic acids is 1. The molecule has 0 heterocycles. The summed E-state index contributed by atoms with van der Waals surface area (Å²) < 4.78 is 24.1. The Morgan fingerprint density at radius 2 is 1.67 bits per heavy atom. The minimum absolute atomic E-state index is 0. The van der Waals surface area contributed by atoms with E-state index in [1.807, 2.05) is 0 Å². The van der Waals surface area contributed by atoms with Crippen molar-refractivity contribution in [3.63, 3.8) is 0 Å². The first-order valence-corrected chi connectivity index (χ1v) is 5.97. The fraction of sp³-hybridized carbons (Fsp3) is 0.400. The van der Waals surface area contributed by atoms with Gasteiger partial charge in [-0.2, -0.15) is 0 Å². The molecule has 1 rings (SSSR count). The summed E-state index contributed by atoms with van der Waals surface area (Å²) in [5.74, 6) is -3.56. The Kier molecular flexibility index (Phi) is 7.41. The zero-order valence-corrected chi connectivity index (χ0v) is 10.8. The van der Waals surface area contributed by atoms with Crippen LogP contribution in [-0.2, 0) is 16.0 Å². The van der Waals surface area contributed by atoms with Gasteiger partial charge in [0.25, 0.3) is 6.43 Å². The third kappa shape index (κ3) is 5.81. The van der Waals surface area contributed by atoms with Gasteiger partial charge in [-0.3, -0.25) is 14.4 Å². The Morgan fingerprint density at radius 3 is 2.10 bits per heavy atom. The minimum Gasteiger partial charge on any atom is -0.481 e. The fourth-order valence-corrected chi connectivity index (χ4v) is 1.61. The number of alkyl halides is 2. The molecule has 1 aromatic carbocycles. The summed E-state index contributed by atoms with van der Waals surface area (Å²) in [5, 5.41) is 8.77. The second-order valence-electron chi connectivity index (χ2n) is 4.51. The molecular weight excluding hydrogens is 282 g/mol. The van der Waals surface area contributed by atoms with E-state index in [1.165, 1.54) is 12.1 Å². The van der Waals surface area contributed by atoms with Crippen LogP contribution < -0.4 is 0 Å². The molecule has 6 heteroatoms. The van der Waals surface area contributed by atoms with Crippen LogP contribution in [-0.4, -0.2) is 29.1 Å². The lowest BCUT2D eigenvalue weighted by Gasteiger charge is -2.07. The van der Waals surface area contributed by atoms with Gasteiger partial charge in [0.1, 0.15) is 0 Å². The number of Topliss-reactive ketones (excluding diaryl/α,β-unsaturated/α-hetero) is 2. The van der Waals surface area contributed by atoms with Crippen molar-refractivity contribution < 1.29 is 28.3 Å². The van der Waals surface area contributed by atoms with Crippen LogP contribution in [0.5, 0.6) is 0 Å². The van der Waals surface area contributed by atoms with Crippen LogP contribution >= 0.6 is 0 Å². The van der Waals surface area contributed by atoms with Crippen molar-refractivity contribution in [2.75, 3.05) is 0 Å². The quantitative estimate of drug-likeness (QED) is 0.620. The lowest BCUT2D eigenvalue weighted by atomic mass is 9.98. The summed E-state index contributed by atoms with van der Waals surface area (Å²) in [5.41, 5.74) is 0.877. The average molecular weight is 300 g/mol. The Balaban J connectivity index is 0.00000400. The van der Waals surface area contributed by atoms with Crippen molar-refractivity contribution >= 4 is 17.5 Å². The molecule has 116 valence electrons. The predicted molar refractivity (Wildman–Crippen MR) is 73.6 cm³/mol. The van der Waals surface area contributed by atoms with E-state index in [0.29, 0.717) is 6.42 Å². The van der Waals surface area contributed by atoms with E-state index in [4.69, 9.17) is 5.11 Å². The van der Waals surface area contributed by atoms with E-state index in [0.717, 1.165) is 5.56 Å². The molecule has 0 aliphatic heterocycles. The molecule has 1 unspecified atom stereocenters. The van der Waals surface area contributed by atoms with Gasteiger partial charge in [-0.15, -0.1) is 0 Å². The first kappa shape index (κ1) is 18.9. The molecule has 0 aliphatic carbocycles. The first-order chi connectivity index (χ1) is 9.31. The molecule has 0 amide bonds. The predicted octanol–water partition coefficient (Wildman–Crippen LogP) is 2.99. The van der Waals surface area contributed by atoms with Crippen LogP contribution in [0.15, 0.2) is 24.3 Å². The Hall–Kier alpha value is -2.11. The molecule has 0 saturated carbocycles. The second-order valence-corrected chi connectivity index (χ2v) is 4.51. The van der Waals surface area contributed by atoms with Crippen molar-refractivity contribution in [1.82, 2.24) is 0 Å². The number of carboxylic acids is 1. The Labute approximate surface area is 121 Å². The topological polar surface area (TPSA) is 71.4 Å². The molecule has 1 N–H and O–H groups in total. The number of benzene rings is 1. The third-order valence-corrected chi connectivity index (χ3v) is 2.82. The maximum Gasteiger partial charge on any atom is 0.306 e. The van der Waals surface area contributed by atoms with Crippen molar-refractivity contribution in [3.8, 4) is 0 Å². The maximum atomic E-state index is 12.0. The van der Waals surface area contributed by atoms with Crippen LogP contribution in [0.2, 0.25) is 0 Å². The van der Waals surface area contributed by atoms with Crippen LogP contribution in [0, 0.1) is 5.92 Å². The van der Waals surface area contributed by atoms with Crippen LogP contribution in [0.1, 0.15) is 36.7 Å². The van der Waals surface area contributed by atoms with Crippen molar-refractivity contribution in [1.29, 1.82) is 0 Å². The van der Waals surface area contributed by atoms with Gasteiger partial charge in [0.15, 0.2) is 5.78 Å². The number of hydrogen-bond acceptors (Lipinski definition) is 3. The lowest BCUT2D eigenvalue weighted by molar-refractivity contribution is -0.141. The summed E-state index contributed by atoms with van der Waals surface area (Å²) in [6.45, 7) is 1.56. The number of hydrogen-bond donors (Lipinski definition) is 1. The molecule has 21 heavy (non-hydrogen) atoms. The molecule has 0 aliphatic rings. The SMILES string of the molecule is C.CC(Cc1ccc(C(=O)CC(=O)C(F)F)cc1)C(=O)O. The molecule has 4 nitrogen and oxygen atoms in total. The second kappa shape index (κ2) is 8.24. The fourth-order valence-electron chi connectivity index (χ4n) is 1.61. The largest absolute Gasteiger partial charge is 0.481 e. The highest BCUT2D eigenvalue weighted by Crippen LogP contribution is 2.12. The molecular formula is C15H18F2O4. The molecule has 0 radical (unpaired) electrons. The normalized spacial score (nSPS) is 11.6. The van der Waals surface area contributed by atoms with Crippen LogP contribution in [0.25, 0.3) is 0 Å². The van der Waals surface area contributed by atoms with Gasteiger partial charge in [-0.05, 0) is 12.0 Å². The van der Waals surface area contributed by atoms with E-state index in [9.17, 15) is 23.2 Å². The summed E-state index contributed by atoms with van der Waals surface area (Å²) in [7, 11) is 0. The van der Waals surface area contributed by atoms with Crippen molar-refractivity contribution in [3.05, 3.63) is 35.4 Å². The Morgan fingerprint density at radius 1 is 1.14 bits per heavy atom. The number of ketones is 2. The van der Waals surface area contributed by atoms with Crippen molar-refractivity contribution in [2.45, 2.75) is 33.6 Å². The minimum atomic E-state index is -3.14. The first-order valence-electron chi connectivity index (χ1n) is 5.97. The molecule has 1 aromatic rings. The van der Waals surface area contributed by atoms with Gasteiger partial charge in [-0.1, -0.05) is 38.6 Å². The van der Waals surface area contributed by atoms with Gasteiger partial charge < -0.3 is 5.11 Å². The number of carboxylic acid groups (broad SMARTS) is 1. The number of carbonyl (C=O) groups is 3. The smallest absolute Gasteiger partial charge is 0.306 e. The van der Waals surface area contributed by atoms with Gasteiger partial charge in [-0.25, -0.2) is 8.78 Å². The third-order valence-electron chi connectivity index (χ3n) is 2.82. The summed E-state index contributed by atoms with van der Waals surface area (Å²) in [6, 6.07) is 5.93.